The number of aromatic hydroxyl groups is 1. The van der Waals surface area contributed by atoms with Gasteiger partial charge in [-0.1, -0.05) is 39.0 Å². The molecule has 0 aliphatic heterocycles. The summed E-state index contributed by atoms with van der Waals surface area (Å²) in [5, 5.41) is 9.46. The van der Waals surface area contributed by atoms with Crippen LogP contribution in [0.5, 0.6) is 5.75 Å². The predicted octanol–water partition coefficient (Wildman–Crippen LogP) is 4.72. The Bertz CT molecular complexity index is 550. The van der Waals surface area contributed by atoms with Gasteiger partial charge in [0.1, 0.15) is 18.4 Å². The number of hydrogen-bond acceptors (Lipinski definition) is 6. The van der Waals surface area contributed by atoms with E-state index in [0.717, 1.165) is 11.4 Å². The number of phenols is 1. The highest BCUT2D eigenvalue weighted by atomic mass is 32.2. The lowest BCUT2D eigenvalue weighted by atomic mass is 10.1. The van der Waals surface area contributed by atoms with Crippen molar-refractivity contribution in [3.05, 3.63) is 36.9 Å². The third kappa shape index (κ3) is 6.06. The Hall–Kier alpha value is -1.82. The molecule has 0 saturated carbocycles. The summed E-state index contributed by atoms with van der Waals surface area (Å²) in [6.45, 7) is 2.24. The van der Waals surface area contributed by atoms with Gasteiger partial charge in [0.15, 0.2) is 0 Å². The average molecular weight is 332 g/mol. The lowest BCUT2D eigenvalue weighted by molar-refractivity contribution is 0.475. The van der Waals surface area contributed by atoms with Crippen LogP contribution in [0.3, 0.4) is 0 Å². The number of phenolic OH excluding ortho intramolecular Hbond substituents is 1. The van der Waals surface area contributed by atoms with E-state index in [-0.39, 0.29) is 5.75 Å². The van der Waals surface area contributed by atoms with Crippen molar-refractivity contribution < 1.29 is 5.11 Å². The number of unbranched alkanes of at least 4 members (excludes halogenated alkanes) is 5. The first-order valence-electron chi connectivity index (χ1n) is 8.15. The van der Waals surface area contributed by atoms with Crippen molar-refractivity contribution in [1.29, 1.82) is 0 Å². The Morgan fingerprint density at radius 3 is 2.30 bits per heavy atom. The third-order valence-electron chi connectivity index (χ3n) is 3.46. The zero-order valence-electron chi connectivity index (χ0n) is 13.6. The molecule has 0 spiro atoms. The minimum Gasteiger partial charge on any atom is -0.508 e. The van der Waals surface area contributed by atoms with Crippen molar-refractivity contribution in [2.24, 2.45) is 0 Å². The van der Waals surface area contributed by atoms with Gasteiger partial charge in [-0.05, 0) is 42.6 Å². The minimum atomic E-state index is 0.255. The number of anilines is 2. The highest BCUT2D eigenvalue weighted by molar-refractivity contribution is 8.00. The summed E-state index contributed by atoms with van der Waals surface area (Å²) in [7, 11) is 0. The van der Waals surface area contributed by atoms with Gasteiger partial charge in [-0.25, -0.2) is 15.0 Å². The number of rotatable bonds is 10. The Morgan fingerprint density at radius 2 is 1.61 bits per heavy atom. The van der Waals surface area contributed by atoms with Gasteiger partial charge in [0.05, 0.1) is 5.69 Å². The zero-order valence-corrected chi connectivity index (χ0v) is 14.4. The molecule has 0 bridgehead atoms. The van der Waals surface area contributed by atoms with Crippen molar-refractivity contribution in [1.82, 2.24) is 15.0 Å². The van der Waals surface area contributed by atoms with Crippen LogP contribution in [0.1, 0.15) is 45.4 Å². The Morgan fingerprint density at radius 1 is 0.957 bits per heavy atom. The second-order valence-electron chi connectivity index (χ2n) is 5.35. The molecule has 0 aliphatic rings. The maximum Gasteiger partial charge on any atom is 0.243 e. The van der Waals surface area contributed by atoms with Crippen molar-refractivity contribution >= 4 is 23.6 Å². The van der Waals surface area contributed by atoms with Crippen LogP contribution in [-0.4, -0.2) is 25.8 Å². The van der Waals surface area contributed by atoms with Crippen molar-refractivity contribution in [2.45, 2.75) is 45.4 Å². The molecule has 5 nitrogen and oxygen atoms in total. The van der Waals surface area contributed by atoms with Crippen LogP contribution in [-0.2, 0) is 0 Å². The van der Waals surface area contributed by atoms with Crippen LogP contribution in [0.4, 0.5) is 11.6 Å². The van der Waals surface area contributed by atoms with Crippen LogP contribution in [0.25, 0.3) is 0 Å². The molecule has 0 radical (unpaired) electrons. The van der Waals surface area contributed by atoms with E-state index in [1.807, 2.05) is 16.4 Å². The SMILES string of the molecule is CCCCCCCCSN(c1ccc(O)cc1)c1ncncn1. The second-order valence-corrected chi connectivity index (χ2v) is 6.38. The van der Waals surface area contributed by atoms with E-state index >= 15 is 0 Å². The van der Waals surface area contributed by atoms with Crippen LogP contribution >= 0.6 is 11.9 Å². The Balaban J connectivity index is 1.91. The molecule has 0 unspecified atom stereocenters. The summed E-state index contributed by atoms with van der Waals surface area (Å²) < 4.78 is 1.99. The van der Waals surface area contributed by atoms with E-state index in [0.29, 0.717) is 5.95 Å². The monoisotopic (exact) mass is 332 g/mol. The topological polar surface area (TPSA) is 62.1 Å². The van der Waals surface area contributed by atoms with E-state index < -0.39 is 0 Å². The highest BCUT2D eigenvalue weighted by Gasteiger charge is 2.12. The molecule has 1 N–H and O–H groups in total. The van der Waals surface area contributed by atoms with Gasteiger partial charge < -0.3 is 5.11 Å². The average Bonchev–Trinajstić information content (AvgIpc) is 2.59. The number of nitrogens with zero attached hydrogens (tertiary/aromatic N) is 4. The second kappa shape index (κ2) is 10.0. The van der Waals surface area contributed by atoms with Gasteiger partial charge in [-0.2, -0.15) is 0 Å². The standard InChI is InChI=1S/C17H24N4OS/c1-2-3-4-5-6-7-12-23-21(17-19-13-18-14-20-17)15-8-10-16(22)11-9-15/h8-11,13-14,22H,2-7,12H2,1H3. The first kappa shape index (κ1) is 17.5. The Labute approximate surface area is 142 Å². The quantitative estimate of drug-likeness (QED) is 0.501. The molecule has 0 atom stereocenters. The van der Waals surface area contributed by atoms with E-state index in [1.54, 1.807) is 24.1 Å². The summed E-state index contributed by atoms with van der Waals surface area (Å²) in [5.74, 6) is 1.88. The van der Waals surface area contributed by atoms with E-state index in [1.165, 1.54) is 51.2 Å². The van der Waals surface area contributed by atoms with E-state index in [4.69, 9.17) is 0 Å². The predicted molar refractivity (Wildman–Crippen MR) is 95.9 cm³/mol. The lowest BCUT2D eigenvalue weighted by Crippen LogP contribution is -2.11. The summed E-state index contributed by atoms with van der Waals surface area (Å²) >= 11 is 1.70. The van der Waals surface area contributed by atoms with Gasteiger partial charge in [0.2, 0.25) is 5.95 Å². The van der Waals surface area contributed by atoms with Gasteiger partial charge >= 0.3 is 0 Å². The van der Waals surface area contributed by atoms with Gasteiger partial charge in [0.25, 0.3) is 0 Å². The number of benzene rings is 1. The van der Waals surface area contributed by atoms with Crippen LogP contribution in [0.15, 0.2) is 36.9 Å². The number of hydrogen-bond donors (Lipinski definition) is 1. The lowest BCUT2D eigenvalue weighted by Gasteiger charge is -2.20. The van der Waals surface area contributed by atoms with Crippen molar-refractivity contribution in [3.8, 4) is 5.75 Å². The summed E-state index contributed by atoms with van der Waals surface area (Å²) in [5.41, 5.74) is 0.949. The molecular weight excluding hydrogens is 308 g/mol. The largest absolute Gasteiger partial charge is 0.508 e. The third-order valence-corrected chi connectivity index (χ3v) is 4.57. The molecular formula is C17H24N4OS. The Kier molecular flexibility index (Phi) is 7.66. The fourth-order valence-corrected chi connectivity index (χ4v) is 3.21. The molecule has 0 fully saturated rings. The molecule has 2 aromatic rings. The van der Waals surface area contributed by atoms with E-state index in [2.05, 4.69) is 21.9 Å². The van der Waals surface area contributed by atoms with Gasteiger partial charge in [0, 0.05) is 5.75 Å². The van der Waals surface area contributed by atoms with E-state index in [9.17, 15) is 5.11 Å². The number of aromatic nitrogens is 3. The first-order valence-corrected chi connectivity index (χ1v) is 9.09. The normalized spacial score (nSPS) is 10.7. The summed E-state index contributed by atoms with van der Waals surface area (Å²) in [6.07, 6.45) is 10.7. The zero-order chi connectivity index (χ0) is 16.3. The van der Waals surface area contributed by atoms with Crippen LogP contribution in [0.2, 0.25) is 0 Å². The fourth-order valence-electron chi connectivity index (χ4n) is 2.21. The first-order chi connectivity index (χ1) is 11.3. The summed E-state index contributed by atoms with van der Waals surface area (Å²) in [6, 6.07) is 7.09. The molecule has 6 heteroatoms. The van der Waals surface area contributed by atoms with Gasteiger partial charge in [-0.3, -0.25) is 4.31 Å². The summed E-state index contributed by atoms with van der Waals surface area (Å²) in [4.78, 5) is 12.4. The van der Waals surface area contributed by atoms with Crippen LogP contribution in [0, 0.1) is 0 Å². The molecule has 2 rings (SSSR count). The molecule has 0 amide bonds. The molecule has 1 heterocycles. The minimum absolute atomic E-state index is 0.255. The molecule has 124 valence electrons. The maximum atomic E-state index is 9.46. The molecule has 23 heavy (non-hydrogen) atoms. The maximum absolute atomic E-state index is 9.46. The van der Waals surface area contributed by atoms with Crippen LogP contribution < -0.4 is 4.31 Å². The molecule has 1 aromatic heterocycles. The van der Waals surface area contributed by atoms with Crippen molar-refractivity contribution in [2.75, 3.05) is 10.1 Å². The fraction of sp³-hybridized carbons (Fsp3) is 0.471. The highest BCUT2D eigenvalue weighted by Crippen LogP contribution is 2.31. The molecule has 0 aliphatic carbocycles. The smallest absolute Gasteiger partial charge is 0.243 e. The van der Waals surface area contributed by atoms with Gasteiger partial charge in [-0.15, -0.1) is 0 Å². The van der Waals surface area contributed by atoms with Crippen molar-refractivity contribution in [3.63, 3.8) is 0 Å². The molecule has 0 saturated heterocycles. The molecule has 1 aromatic carbocycles.